The Kier molecular flexibility index (Phi) is 4.61. The summed E-state index contributed by atoms with van der Waals surface area (Å²) >= 11 is 4.02. The zero-order valence-electron chi connectivity index (χ0n) is 7.67. The molecule has 74 valence electrons. The van der Waals surface area contributed by atoms with Crippen LogP contribution in [0.2, 0.25) is 0 Å². The Hall–Kier alpha value is -0.200. The molecule has 0 radical (unpaired) electrons. The summed E-state index contributed by atoms with van der Waals surface area (Å²) in [5.41, 5.74) is 0.857. The van der Waals surface area contributed by atoms with Crippen LogP contribution in [0.3, 0.4) is 0 Å². The number of nitrogens with zero attached hydrogens (tertiary/aromatic N) is 3. The molecule has 1 aromatic heterocycles. The molecule has 4 nitrogen and oxygen atoms in total. The minimum Gasteiger partial charge on any atom is -0.372 e. The molecule has 0 saturated carbocycles. The summed E-state index contributed by atoms with van der Waals surface area (Å²) in [6, 6.07) is 0. The molecule has 13 heavy (non-hydrogen) atoms. The van der Waals surface area contributed by atoms with E-state index in [2.05, 4.69) is 22.0 Å². The van der Waals surface area contributed by atoms with Crippen LogP contribution in [0.5, 0.6) is 0 Å². The number of ether oxygens (including phenoxy) is 1. The van der Waals surface area contributed by atoms with Crippen LogP contribution in [0.1, 0.15) is 19.5 Å². The van der Waals surface area contributed by atoms with Gasteiger partial charge in [0.25, 0.3) is 0 Å². The Morgan fingerprint density at radius 2 is 2.46 bits per heavy atom. The summed E-state index contributed by atoms with van der Waals surface area (Å²) in [5.74, 6) is 0.706. The predicted molar refractivity (Wildman–Crippen MR) is 56.5 cm³/mol. The summed E-state index contributed by atoms with van der Waals surface area (Å²) in [6.07, 6.45) is 2.09. The van der Waals surface area contributed by atoms with Crippen molar-refractivity contribution in [3.63, 3.8) is 0 Å². The first kappa shape index (κ1) is 10.9. The molecule has 6 heteroatoms. The van der Waals surface area contributed by atoms with E-state index in [0.29, 0.717) is 12.5 Å². The van der Waals surface area contributed by atoms with Crippen molar-refractivity contribution in [2.45, 2.75) is 32.4 Å². The van der Waals surface area contributed by atoms with Crippen molar-refractivity contribution in [3.05, 3.63) is 11.9 Å². The van der Waals surface area contributed by atoms with Crippen molar-refractivity contribution >= 4 is 22.5 Å². The van der Waals surface area contributed by atoms with E-state index in [1.54, 1.807) is 4.68 Å². The van der Waals surface area contributed by atoms with Crippen LogP contribution >= 0.6 is 22.5 Å². The molecular formula is C7H13N3OS2. The lowest BCUT2D eigenvalue weighted by molar-refractivity contribution is 0.0635. The maximum absolute atomic E-state index is 5.38. The standard InChI is InChI=1S/C7H13N3OS2/c1-6(2)11-4-7-3-10(5-13-12)9-8-7/h3,6,12H,4-5H2,1-2H3. The highest BCUT2D eigenvalue weighted by Crippen LogP contribution is 2.08. The van der Waals surface area contributed by atoms with E-state index in [1.165, 1.54) is 10.8 Å². The van der Waals surface area contributed by atoms with Crippen LogP contribution in [-0.4, -0.2) is 21.1 Å². The zero-order chi connectivity index (χ0) is 9.68. The Bertz CT molecular complexity index is 252. The monoisotopic (exact) mass is 219 g/mol. The summed E-state index contributed by atoms with van der Waals surface area (Å²) in [5, 5.41) is 7.85. The minimum absolute atomic E-state index is 0.226. The molecule has 1 aromatic rings. The van der Waals surface area contributed by atoms with Crippen LogP contribution in [0.4, 0.5) is 0 Å². The van der Waals surface area contributed by atoms with Gasteiger partial charge in [0.1, 0.15) is 5.69 Å². The van der Waals surface area contributed by atoms with E-state index < -0.39 is 0 Å². The fourth-order valence-electron chi connectivity index (χ4n) is 0.779. The first-order valence-corrected chi connectivity index (χ1v) is 6.03. The van der Waals surface area contributed by atoms with Crippen molar-refractivity contribution in [1.29, 1.82) is 0 Å². The fraction of sp³-hybridized carbons (Fsp3) is 0.714. The summed E-state index contributed by atoms with van der Waals surface area (Å²) in [4.78, 5) is 0. The quantitative estimate of drug-likeness (QED) is 0.605. The average molecular weight is 219 g/mol. The van der Waals surface area contributed by atoms with Crippen LogP contribution in [0.15, 0.2) is 6.20 Å². The lowest BCUT2D eigenvalue weighted by Gasteiger charge is -2.03. The molecule has 0 saturated heterocycles. The summed E-state index contributed by atoms with van der Waals surface area (Å²) < 4.78 is 7.11. The van der Waals surface area contributed by atoms with Crippen LogP contribution in [0, 0.1) is 0 Å². The van der Waals surface area contributed by atoms with Crippen LogP contribution < -0.4 is 0 Å². The highest BCUT2D eigenvalue weighted by atomic mass is 33.1. The molecule has 0 aliphatic carbocycles. The molecule has 0 N–H and O–H groups in total. The van der Waals surface area contributed by atoms with E-state index in [4.69, 9.17) is 4.74 Å². The van der Waals surface area contributed by atoms with Crippen molar-refractivity contribution in [3.8, 4) is 0 Å². The highest BCUT2D eigenvalue weighted by Gasteiger charge is 2.01. The van der Waals surface area contributed by atoms with Crippen LogP contribution in [0.25, 0.3) is 0 Å². The molecule has 0 aliphatic heterocycles. The van der Waals surface area contributed by atoms with E-state index in [-0.39, 0.29) is 6.10 Å². The number of hydrogen-bond donors (Lipinski definition) is 1. The average Bonchev–Trinajstić information content (AvgIpc) is 2.50. The van der Waals surface area contributed by atoms with Crippen LogP contribution in [-0.2, 0) is 17.2 Å². The first-order chi connectivity index (χ1) is 6.22. The predicted octanol–water partition coefficient (Wildman–Crippen LogP) is 1.74. The van der Waals surface area contributed by atoms with Gasteiger partial charge in [-0.3, -0.25) is 0 Å². The van der Waals surface area contributed by atoms with E-state index in [9.17, 15) is 0 Å². The normalized spacial score (nSPS) is 11.1. The SMILES string of the molecule is CC(C)OCc1cn(CSS)nn1. The number of aromatic nitrogens is 3. The van der Waals surface area contributed by atoms with Gasteiger partial charge in [0.2, 0.25) is 0 Å². The third kappa shape index (κ3) is 4.02. The van der Waals surface area contributed by atoms with Gasteiger partial charge in [0, 0.05) is 0 Å². The maximum atomic E-state index is 5.38. The summed E-state index contributed by atoms with van der Waals surface area (Å²) in [7, 11) is 1.41. The van der Waals surface area contributed by atoms with Crippen molar-refractivity contribution in [2.24, 2.45) is 0 Å². The Labute approximate surface area is 86.8 Å². The maximum Gasteiger partial charge on any atom is 0.108 e. The molecule has 0 bridgehead atoms. The highest BCUT2D eigenvalue weighted by molar-refractivity contribution is 8.68. The molecule has 0 atom stereocenters. The third-order valence-corrected chi connectivity index (χ3v) is 2.07. The lowest BCUT2D eigenvalue weighted by Crippen LogP contribution is -2.02. The number of thiol groups is 1. The molecule has 1 heterocycles. The van der Waals surface area contributed by atoms with Gasteiger partial charge in [-0.05, 0) is 13.8 Å². The second kappa shape index (κ2) is 5.51. The molecule has 0 spiro atoms. The zero-order valence-corrected chi connectivity index (χ0v) is 9.39. The van der Waals surface area contributed by atoms with Gasteiger partial charge in [-0.1, -0.05) is 16.0 Å². The van der Waals surface area contributed by atoms with Gasteiger partial charge in [-0.2, -0.15) is 0 Å². The van der Waals surface area contributed by atoms with E-state index in [0.717, 1.165) is 5.69 Å². The topological polar surface area (TPSA) is 39.9 Å². The Morgan fingerprint density at radius 1 is 1.69 bits per heavy atom. The van der Waals surface area contributed by atoms with E-state index >= 15 is 0 Å². The first-order valence-electron chi connectivity index (χ1n) is 3.99. The van der Waals surface area contributed by atoms with Crippen molar-refractivity contribution in [2.75, 3.05) is 0 Å². The molecule has 0 unspecified atom stereocenters. The smallest absolute Gasteiger partial charge is 0.108 e. The largest absolute Gasteiger partial charge is 0.372 e. The van der Waals surface area contributed by atoms with E-state index in [1.807, 2.05) is 20.0 Å². The number of rotatable bonds is 5. The summed E-state index contributed by atoms with van der Waals surface area (Å²) in [6.45, 7) is 4.51. The molecular weight excluding hydrogens is 206 g/mol. The van der Waals surface area contributed by atoms with Gasteiger partial charge in [0.15, 0.2) is 0 Å². The van der Waals surface area contributed by atoms with Gasteiger partial charge in [0.05, 0.1) is 24.8 Å². The van der Waals surface area contributed by atoms with Gasteiger partial charge >= 0.3 is 0 Å². The lowest BCUT2D eigenvalue weighted by atomic mass is 10.4. The van der Waals surface area contributed by atoms with Crippen molar-refractivity contribution in [1.82, 2.24) is 15.0 Å². The van der Waals surface area contributed by atoms with Gasteiger partial charge in [-0.15, -0.1) is 16.8 Å². The Balaban J connectivity index is 2.39. The second-order valence-corrected chi connectivity index (χ2v) is 4.16. The van der Waals surface area contributed by atoms with Gasteiger partial charge in [-0.25, -0.2) is 4.68 Å². The molecule has 0 aromatic carbocycles. The minimum atomic E-state index is 0.226. The number of hydrogen-bond acceptors (Lipinski definition) is 5. The second-order valence-electron chi connectivity index (χ2n) is 2.87. The molecule has 0 aliphatic rings. The Morgan fingerprint density at radius 3 is 3.08 bits per heavy atom. The molecule has 0 fully saturated rings. The third-order valence-electron chi connectivity index (χ3n) is 1.34. The van der Waals surface area contributed by atoms with Crippen molar-refractivity contribution < 1.29 is 4.74 Å². The van der Waals surface area contributed by atoms with Gasteiger partial charge < -0.3 is 4.74 Å². The molecule has 1 rings (SSSR count). The molecule has 0 amide bonds. The fourth-order valence-corrected chi connectivity index (χ4v) is 1.38.